The molecule has 0 aliphatic heterocycles. The second-order valence-corrected chi connectivity index (χ2v) is 7.30. The van der Waals surface area contributed by atoms with E-state index in [0.29, 0.717) is 30.0 Å². The number of hydrogen-bond donors (Lipinski definition) is 0. The van der Waals surface area contributed by atoms with Gasteiger partial charge in [-0.15, -0.1) is 11.6 Å². The Labute approximate surface area is 150 Å². The summed E-state index contributed by atoms with van der Waals surface area (Å²) in [6, 6.07) is 0. The summed E-state index contributed by atoms with van der Waals surface area (Å²) in [6.07, 6.45) is 11.3. The van der Waals surface area contributed by atoms with E-state index < -0.39 is 0 Å². The highest BCUT2D eigenvalue weighted by Crippen LogP contribution is 2.20. The number of halogens is 1. The van der Waals surface area contributed by atoms with Gasteiger partial charge in [-0.25, -0.2) is 0 Å². The maximum absolute atomic E-state index is 12.6. The maximum atomic E-state index is 12.6. The average Bonchev–Trinajstić information content (AvgIpc) is 2.58. The average molecular weight is 346 g/mol. The van der Waals surface area contributed by atoms with Gasteiger partial charge in [0, 0.05) is 25.4 Å². The van der Waals surface area contributed by atoms with Crippen molar-refractivity contribution in [2.24, 2.45) is 11.8 Å². The first-order valence-corrected chi connectivity index (χ1v) is 10.5. The second kappa shape index (κ2) is 15.3. The third kappa shape index (κ3) is 11.0. The van der Waals surface area contributed by atoms with Crippen molar-refractivity contribution in [2.75, 3.05) is 19.0 Å². The Kier molecular flexibility index (Phi) is 15.1. The first-order chi connectivity index (χ1) is 11.1. The first kappa shape index (κ1) is 22.8. The zero-order valence-electron chi connectivity index (χ0n) is 16.1. The van der Waals surface area contributed by atoms with Crippen LogP contribution in [0.15, 0.2) is 0 Å². The van der Waals surface area contributed by atoms with Crippen molar-refractivity contribution in [2.45, 2.75) is 91.9 Å². The molecule has 0 spiro atoms. The van der Waals surface area contributed by atoms with Gasteiger partial charge in [0.1, 0.15) is 0 Å². The fraction of sp³-hybridized carbons (Fsp3) is 0.950. The van der Waals surface area contributed by atoms with E-state index in [1.165, 1.54) is 51.4 Å². The Morgan fingerprint density at radius 3 is 1.70 bits per heavy atom. The van der Waals surface area contributed by atoms with Gasteiger partial charge in [0.25, 0.3) is 0 Å². The molecule has 0 bridgehead atoms. The summed E-state index contributed by atoms with van der Waals surface area (Å²) in [5, 5.41) is 0. The lowest BCUT2D eigenvalue weighted by molar-refractivity contribution is -0.132. The fourth-order valence-corrected chi connectivity index (χ4v) is 3.25. The van der Waals surface area contributed by atoms with E-state index in [-0.39, 0.29) is 0 Å². The monoisotopic (exact) mass is 345 g/mol. The molecule has 0 aliphatic rings. The van der Waals surface area contributed by atoms with Crippen LogP contribution in [0, 0.1) is 11.8 Å². The normalized spacial score (nSPS) is 13.8. The van der Waals surface area contributed by atoms with Gasteiger partial charge in [-0.3, -0.25) is 4.79 Å². The summed E-state index contributed by atoms with van der Waals surface area (Å²) in [7, 11) is 0. The molecule has 0 saturated heterocycles. The second-order valence-electron chi connectivity index (χ2n) is 6.92. The molecule has 1 amide bonds. The van der Waals surface area contributed by atoms with Crippen LogP contribution >= 0.6 is 11.6 Å². The van der Waals surface area contributed by atoms with E-state index in [9.17, 15) is 4.79 Å². The first-order valence-electron chi connectivity index (χ1n) is 9.96. The van der Waals surface area contributed by atoms with E-state index >= 15 is 0 Å². The van der Waals surface area contributed by atoms with Crippen molar-refractivity contribution in [3.63, 3.8) is 0 Å². The number of carbonyl (C=O) groups is 1. The predicted molar refractivity (Wildman–Crippen MR) is 103 cm³/mol. The van der Waals surface area contributed by atoms with Crippen LogP contribution in [0.3, 0.4) is 0 Å². The summed E-state index contributed by atoms with van der Waals surface area (Å²) in [6.45, 7) is 10.9. The minimum absolute atomic E-state index is 0.315. The minimum Gasteiger partial charge on any atom is -0.342 e. The smallest absolute Gasteiger partial charge is 0.222 e. The van der Waals surface area contributed by atoms with Crippen LogP contribution in [0.5, 0.6) is 0 Å². The number of carbonyl (C=O) groups excluding carboxylic acids is 1. The van der Waals surface area contributed by atoms with Crippen LogP contribution in [-0.2, 0) is 4.79 Å². The van der Waals surface area contributed by atoms with Crippen molar-refractivity contribution >= 4 is 17.5 Å². The van der Waals surface area contributed by atoms with Gasteiger partial charge >= 0.3 is 0 Å². The van der Waals surface area contributed by atoms with Crippen LogP contribution in [0.2, 0.25) is 0 Å². The fourth-order valence-electron chi connectivity index (χ4n) is 3.11. The third-order valence-electron chi connectivity index (χ3n) is 4.92. The summed E-state index contributed by atoms with van der Waals surface area (Å²) in [5.41, 5.74) is 0. The Bertz CT molecular complexity index is 265. The zero-order chi connectivity index (χ0) is 17.5. The van der Waals surface area contributed by atoms with Crippen LogP contribution in [-0.4, -0.2) is 29.8 Å². The molecule has 0 aromatic carbocycles. The van der Waals surface area contributed by atoms with Gasteiger partial charge in [-0.2, -0.15) is 0 Å². The van der Waals surface area contributed by atoms with Crippen LogP contribution in [0.4, 0.5) is 0 Å². The largest absolute Gasteiger partial charge is 0.342 e. The standard InChI is InChI=1S/C20H40ClNO/c1-5-9-12-18(7-3)16-22(20(23)14-11-15-21)17-19(8-4)13-10-6-2/h18-19H,5-17H2,1-4H3. The number of unbranched alkanes of at least 4 members (excludes halogenated alkanes) is 2. The van der Waals surface area contributed by atoms with Gasteiger partial charge in [-0.05, 0) is 31.1 Å². The summed E-state index contributed by atoms with van der Waals surface area (Å²) in [4.78, 5) is 14.8. The molecule has 138 valence electrons. The van der Waals surface area contributed by atoms with Gasteiger partial charge in [0.2, 0.25) is 5.91 Å². The Morgan fingerprint density at radius 1 is 0.870 bits per heavy atom. The molecule has 0 radical (unpaired) electrons. The molecule has 0 aromatic rings. The van der Waals surface area contributed by atoms with Crippen molar-refractivity contribution in [1.82, 2.24) is 4.90 Å². The Hall–Kier alpha value is -0.240. The van der Waals surface area contributed by atoms with Crippen molar-refractivity contribution in [1.29, 1.82) is 0 Å². The number of nitrogens with zero attached hydrogens (tertiary/aromatic N) is 1. The van der Waals surface area contributed by atoms with Gasteiger partial charge in [0.05, 0.1) is 0 Å². The molecule has 2 nitrogen and oxygen atoms in total. The molecule has 23 heavy (non-hydrogen) atoms. The number of alkyl halides is 1. The minimum atomic E-state index is 0.315. The molecule has 0 fully saturated rings. The van der Waals surface area contributed by atoms with Gasteiger partial charge in [-0.1, -0.05) is 66.2 Å². The van der Waals surface area contributed by atoms with Crippen molar-refractivity contribution < 1.29 is 4.79 Å². The Balaban J connectivity index is 4.73. The lowest BCUT2D eigenvalue weighted by atomic mass is 9.95. The quantitative estimate of drug-likeness (QED) is 0.320. The van der Waals surface area contributed by atoms with E-state index in [1.54, 1.807) is 0 Å². The third-order valence-corrected chi connectivity index (χ3v) is 5.19. The highest BCUT2D eigenvalue weighted by molar-refractivity contribution is 6.17. The summed E-state index contributed by atoms with van der Waals surface area (Å²) in [5.74, 6) is 2.20. The molecule has 3 heteroatoms. The highest BCUT2D eigenvalue weighted by atomic mass is 35.5. The molecule has 0 heterocycles. The molecule has 0 aliphatic carbocycles. The summed E-state index contributed by atoms with van der Waals surface area (Å²) >= 11 is 5.78. The van der Waals surface area contributed by atoms with Crippen LogP contribution < -0.4 is 0 Å². The van der Waals surface area contributed by atoms with Crippen molar-refractivity contribution in [3.05, 3.63) is 0 Å². The molecular formula is C20H40ClNO. The molecular weight excluding hydrogens is 306 g/mol. The molecule has 0 aromatic heterocycles. The Morgan fingerprint density at radius 2 is 1.35 bits per heavy atom. The van der Waals surface area contributed by atoms with Crippen LogP contribution in [0.1, 0.15) is 91.9 Å². The molecule has 0 N–H and O–H groups in total. The lowest BCUT2D eigenvalue weighted by Crippen LogP contribution is -2.38. The van der Waals surface area contributed by atoms with Gasteiger partial charge < -0.3 is 4.90 Å². The lowest BCUT2D eigenvalue weighted by Gasteiger charge is -2.31. The van der Waals surface area contributed by atoms with Crippen LogP contribution in [0.25, 0.3) is 0 Å². The maximum Gasteiger partial charge on any atom is 0.222 e. The number of amides is 1. The zero-order valence-corrected chi connectivity index (χ0v) is 16.8. The van der Waals surface area contributed by atoms with E-state index in [4.69, 9.17) is 11.6 Å². The van der Waals surface area contributed by atoms with E-state index in [0.717, 1.165) is 19.5 Å². The molecule has 0 rings (SSSR count). The topological polar surface area (TPSA) is 20.3 Å². The summed E-state index contributed by atoms with van der Waals surface area (Å²) < 4.78 is 0. The predicted octanol–water partition coefficient (Wildman–Crippen LogP) is 6.27. The van der Waals surface area contributed by atoms with E-state index in [1.807, 2.05) is 0 Å². The number of hydrogen-bond acceptors (Lipinski definition) is 1. The molecule has 2 unspecified atom stereocenters. The number of rotatable bonds is 15. The van der Waals surface area contributed by atoms with Gasteiger partial charge in [0.15, 0.2) is 0 Å². The SMILES string of the molecule is CCCCC(CC)CN(CC(CC)CCCC)C(=O)CCCCl. The molecule has 2 atom stereocenters. The highest BCUT2D eigenvalue weighted by Gasteiger charge is 2.20. The molecule has 0 saturated carbocycles. The van der Waals surface area contributed by atoms with Crippen molar-refractivity contribution in [3.8, 4) is 0 Å². The van der Waals surface area contributed by atoms with E-state index in [2.05, 4.69) is 32.6 Å².